The van der Waals surface area contributed by atoms with Crippen molar-refractivity contribution in [3.63, 3.8) is 0 Å². The third-order valence-corrected chi connectivity index (χ3v) is 4.63. The van der Waals surface area contributed by atoms with E-state index in [2.05, 4.69) is 23.3 Å². The highest BCUT2D eigenvalue weighted by Crippen LogP contribution is 2.27. The minimum absolute atomic E-state index is 0.266. The molecule has 0 spiro atoms. The smallest absolute Gasteiger partial charge is 0.178 e. The Labute approximate surface area is 116 Å². The van der Waals surface area contributed by atoms with Crippen LogP contribution in [0.2, 0.25) is 0 Å². The van der Waals surface area contributed by atoms with Crippen LogP contribution in [0.15, 0.2) is 6.07 Å². The molecule has 1 heterocycles. The fraction of sp³-hybridized carbons (Fsp3) is 0.688. The molecule has 0 bridgehead atoms. The van der Waals surface area contributed by atoms with Gasteiger partial charge in [0.2, 0.25) is 0 Å². The van der Waals surface area contributed by atoms with Gasteiger partial charge >= 0.3 is 0 Å². The maximum absolute atomic E-state index is 12.4. The Morgan fingerprint density at radius 1 is 1.42 bits per heavy atom. The van der Waals surface area contributed by atoms with Crippen LogP contribution in [0, 0.1) is 19.8 Å². The van der Waals surface area contributed by atoms with Crippen LogP contribution in [0.1, 0.15) is 47.9 Å². The highest BCUT2D eigenvalue weighted by atomic mass is 16.1. The van der Waals surface area contributed by atoms with Gasteiger partial charge in [0.25, 0.3) is 0 Å². The van der Waals surface area contributed by atoms with Gasteiger partial charge < -0.3 is 4.57 Å². The average Bonchev–Trinajstić information content (AvgIpc) is 2.59. The van der Waals surface area contributed by atoms with E-state index < -0.39 is 0 Å². The Bertz CT molecular complexity index is 458. The van der Waals surface area contributed by atoms with Crippen molar-refractivity contribution in [2.75, 3.05) is 19.6 Å². The van der Waals surface area contributed by atoms with Crippen LogP contribution in [0.4, 0.5) is 0 Å². The van der Waals surface area contributed by atoms with Crippen LogP contribution in [-0.2, 0) is 7.05 Å². The number of rotatable bonds is 6. The fourth-order valence-corrected chi connectivity index (χ4v) is 2.77. The van der Waals surface area contributed by atoms with E-state index >= 15 is 0 Å². The summed E-state index contributed by atoms with van der Waals surface area (Å²) in [6, 6.07) is 2.02. The van der Waals surface area contributed by atoms with Crippen LogP contribution in [-0.4, -0.2) is 34.9 Å². The molecule has 0 radical (unpaired) electrons. The molecule has 1 aromatic heterocycles. The lowest BCUT2D eigenvalue weighted by atomic mass is 9.85. The van der Waals surface area contributed by atoms with Crippen LogP contribution in [0.25, 0.3) is 0 Å². The number of aromatic nitrogens is 1. The summed E-state index contributed by atoms with van der Waals surface area (Å²) in [6.45, 7) is 8.85. The van der Waals surface area contributed by atoms with E-state index in [4.69, 9.17) is 0 Å². The maximum atomic E-state index is 12.4. The van der Waals surface area contributed by atoms with E-state index in [0.29, 0.717) is 6.54 Å². The predicted octanol–water partition coefficient (Wildman–Crippen LogP) is 2.95. The normalized spacial score (nSPS) is 15.8. The van der Waals surface area contributed by atoms with Crippen molar-refractivity contribution in [3.05, 3.63) is 23.0 Å². The highest BCUT2D eigenvalue weighted by Gasteiger charge is 2.22. The molecule has 1 aliphatic carbocycles. The first-order valence-electron chi connectivity index (χ1n) is 7.41. The first-order valence-corrected chi connectivity index (χ1v) is 7.41. The number of Topliss-reactive ketones (excluding diaryl/α,β-unsaturated/α-hetero) is 1. The Morgan fingerprint density at radius 2 is 2.11 bits per heavy atom. The first kappa shape index (κ1) is 14.3. The predicted molar refractivity (Wildman–Crippen MR) is 78.7 cm³/mol. The Balaban J connectivity index is 1.99. The number of likely N-dealkylation sites (N-methyl/N-ethyl adjacent to an activating group) is 1. The Kier molecular flexibility index (Phi) is 4.46. The summed E-state index contributed by atoms with van der Waals surface area (Å²) in [5.41, 5.74) is 3.14. The van der Waals surface area contributed by atoms with E-state index in [9.17, 15) is 4.79 Å². The van der Waals surface area contributed by atoms with Gasteiger partial charge in [-0.1, -0.05) is 13.3 Å². The molecule has 0 saturated heterocycles. The molecule has 1 aromatic rings. The third-order valence-electron chi connectivity index (χ3n) is 4.63. The summed E-state index contributed by atoms with van der Waals surface area (Å²) in [4.78, 5) is 14.7. The van der Waals surface area contributed by atoms with Gasteiger partial charge in [-0.25, -0.2) is 0 Å². The van der Waals surface area contributed by atoms with Crippen LogP contribution in [0.5, 0.6) is 0 Å². The number of ketones is 1. The molecule has 19 heavy (non-hydrogen) atoms. The summed E-state index contributed by atoms with van der Waals surface area (Å²) < 4.78 is 2.09. The second-order valence-electron chi connectivity index (χ2n) is 5.89. The average molecular weight is 262 g/mol. The molecule has 0 amide bonds. The van der Waals surface area contributed by atoms with Gasteiger partial charge in [-0.05, 0) is 45.2 Å². The molecule has 1 aliphatic rings. The topological polar surface area (TPSA) is 25.2 Å². The van der Waals surface area contributed by atoms with Gasteiger partial charge in [0, 0.05) is 30.5 Å². The van der Waals surface area contributed by atoms with E-state index in [1.165, 1.54) is 19.3 Å². The van der Waals surface area contributed by atoms with Crippen molar-refractivity contribution >= 4 is 5.78 Å². The molecule has 0 unspecified atom stereocenters. The van der Waals surface area contributed by atoms with Gasteiger partial charge in [0.15, 0.2) is 5.78 Å². The molecule has 2 rings (SSSR count). The Morgan fingerprint density at radius 3 is 2.53 bits per heavy atom. The molecular formula is C16H26N2O. The summed E-state index contributed by atoms with van der Waals surface area (Å²) in [5, 5.41) is 0. The molecule has 1 saturated carbocycles. The zero-order valence-corrected chi connectivity index (χ0v) is 12.7. The zero-order chi connectivity index (χ0) is 14.0. The first-order chi connectivity index (χ1) is 9.02. The molecule has 106 valence electrons. The quantitative estimate of drug-likeness (QED) is 0.736. The van der Waals surface area contributed by atoms with Crippen LogP contribution >= 0.6 is 0 Å². The van der Waals surface area contributed by atoms with Crippen molar-refractivity contribution in [2.24, 2.45) is 13.0 Å². The maximum Gasteiger partial charge on any atom is 0.178 e. The van der Waals surface area contributed by atoms with Crippen molar-refractivity contribution in [1.82, 2.24) is 9.47 Å². The second-order valence-corrected chi connectivity index (χ2v) is 5.89. The van der Waals surface area contributed by atoms with E-state index in [-0.39, 0.29) is 5.78 Å². The SMILES string of the molecule is CCN(CC(=O)c1cc(C)n(C)c1C)CC1CCC1. The van der Waals surface area contributed by atoms with Gasteiger partial charge in [0.1, 0.15) is 0 Å². The van der Waals surface area contributed by atoms with E-state index in [1.807, 2.05) is 20.0 Å². The van der Waals surface area contributed by atoms with Gasteiger partial charge in [0.05, 0.1) is 6.54 Å². The lowest BCUT2D eigenvalue weighted by molar-refractivity contribution is 0.0904. The Hall–Kier alpha value is -1.09. The van der Waals surface area contributed by atoms with Crippen molar-refractivity contribution in [3.8, 4) is 0 Å². The second kappa shape index (κ2) is 5.91. The lowest BCUT2D eigenvalue weighted by Crippen LogP contribution is -2.36. The summed E-state index contributed by atoms with van der Waals surface area (Å²) >= 11 is 0. The fourth-order valence-electron chi connectivity index (χ4n) is 2.77. The molecule has 0 N–H and O–H groups in total. The number of carbonyl (C=O) groups is 1. The number of hydrogen-bond acceptors (Lipinski definition) is 2. The zero-order valence-electron chi connectivity index (χ0n) is 12.7. The monoisotopic (exact) mass is 262 g/mol. The number of aryl methyl sites for hydroxylation is 1. The van der Waals surface area contributed by atoms with Gasteiger partial charge in [-0.3, -0.25) is 9.69 Å². The van der Waals surface area contributed by atoms with Gasteiger partial charge in [-0.2, -0.15) is 0 Å². The number of carbonyl (C=O) groups excluding carboxylic acids is 1. The molecule has 3 heteroatoms. The van der Waals surface area contributed by atoms with Crippen LogP contribution < -0.4 is 0 Å². The molecule has 0 aliphatic heterocycles. The minimum Gasteiger partial charge on any atom is -0.351 e. The molecule has 3 nitrogen and oxygen atoms in total. The standard InChI is InChI=1S/C16H26N2O/c1-5-18(10-14-7-6-8-14)11-16(19)15-9-12(2)17(4)13(15)3/h9,14H,5-8,10-11H2,1-4H3. The summed E-state index contributed by atoms with van der Waals surface area (Å²) in [5.74, 6) is 1.09. The van der Waals surface area contributed by atoms with E-state index in [0.717, 1.165) is 36.0 Å². The van der Waals surface area contributed by atoms with Crippen molar-refractivity contribution in [1.29, 1.82) is 0 Å². The lowest BCUT2D eigenvalue weighted by Gasteiger charge is -2.31. The third kappa shape index (κ3) is 3.08. The van der Waals surface area contributed by atoms with Crippen LogP contribution in [0.3, 0.4) is 0 Å². The van der Waals surface area contributed by atoms with E-state index in [1.54, 1.807) is 0 Å². The van der Waals surface area contributed by atoms with Crippen molar-refractivity contribution in [2.45, 2.75) is 40.0 Å². The number of nitrogens with zero attached hydrogens (tertiary/aromatic N) is 2. The molecule has 0 atom stereocenters. The number of hydrogen-bond donors (Lipinski definition) is 0. The highest BCUT2D eigenvalue weighted by molar-refractivity contribution is 5.99. The molecule has 0 aromatic carbocycles. The molecule has 1 fully saturated rings. The molecular weight excluding hydrogens is 236 g/mol. The van der Waals surface area contributed by atoms with Crippen molar-refractivity contribution < 1.29 is 4.79 Å². The summed E-state index contributed by atoms with van der Waals surface area (Å²) in [7, 11) is 2.02. The minimum atomic E-state index is 0.266. The van der Waals surface area contributed by atoms with Gasteiger partial charge in [-0.15, -0.1) is 0 Å². The summed E-state index contributed by atoms with van der Waals surface area (Å²) in [6.07, 6.45) is 4.05. The largest absolute Gasteiger partial charge is 0.351 e.